The summed E-state index contributed by atoms with van der Waals surface area (Å²) < 4.78 is 20.5. The van der Waals surface area contributed by atoms with E-state index in [4.69, 9.17) is 4.74 Å². The summed E-state index contributed by atoms with van der Waals surface area (Å²) in [5.74, 6) is 0.787. The van der Waals surface area contributed by atoms with Crippen molar-refractivity contribution >= 4 is 11.7 Å². The number of hydrogen-bond acceptors (Lipinski definition) is 9. The summed E-state index contributed by atoms with van der Waals surface area (Å²) in [6.45, 7) is 20.0. The number of amides is 1. The van der Waals surface area contributed by atoms with Gasteiger partial charge in [0.05, 0.1) is 11.2 Å². The number of ether oxygens (including phenoxy) is 1. The second-order valence-corrected chi connectivity index (χ2v) is 14.1. The molecular formula is C33H52FN7O3. The number of carbonyl (C=O) groups excluding carboxylic acids is 1. The van der Waals surface area contributed by atoms with Gasteiger partial charge < -0.3 is 24.5 Å². The molecule has 1 aromatic heterocycles. The minimum Gasteiger partial charge on any atom is -0.434 e. The molecule has 0 saturated carbocycles. The first kappa shape index (κ1) is 34.0. The summed E-state index contributed by atoms with van der Waals surface area (Å²) in [6, 6.07) is 4.45. The molecule has 244 valence electrons. The first-order valence-corrected chi connectivity index (χ1v) is 16.1. The van der Waals surface area contributed by atoms with E-state index in [1.165, 1.54) is 24.5 Å². The lowest BCUT2D eigenvalue weighted by Gasteiger charge is -2.53. The van der Waals surface area contributed by atoms with Gasteiger partial charge in [0.2, 0.25) is 0 Å². The zero-order valence-electron chi connectivity index (χ0n) is 27.9. The lowest BCUT2D eigenvalue weighted by Crippen LogP contribution is -2.62. The van der Waals surface area contributed by atoms with Crippen molar-refractivity contribution in [3.63, 3.8) is 0 Å². The highest BCUT2D eigenvalue weighted by Gasteiger charge is 2.50. The molecule has 1 spiro atoms. The van der Waals surface area contributed by atoms with Crippen LogP contribution in [0.5, 0.6) is 11.6 Å². The lowest BCUT2D eigenvalue weighted by atomic mass is 9.76. The van der Waals surface area contributed by atoms with Gasteiger partial charge in [0.25, 0.3) is 11.8 Å². The number of likely N-dealkylation sites (tertiary alicyclic amines) is 1. The van der Waals surface area contributed by atoms with Gasteiger partial charge in [-0.05, 0) is 91.6 Å². The molecule has 0 bridgehead atoms. The largest absolute Gasteiger partial charge is 0.434 e. The lowest BCUT2D eigenvalue weighted by molar-refractivity contribution is -0.0349. The van der Waals surface area contributed by atoms with Crippen LogP contribution in [-0.4, -0.2) is 111 Å². The van der Waals surface area contributed by atoms with Crippen LogP contribution in [0.3, 0.4) is 0 Å². The summed E-state index contributed by atoms with van der Waals surface area (Å²) in [6.07, 6.45) is 4.69. The maximum absolute atomic E-state index is 14.3. The van der Waals surface area contributed by atoms with Gasteiger partial charge in [-0.25, -0.2) is 9.37 Å². The van der Waals surface area contributed by atoms with Crippen molar-refractivity contribution in [2.45, 2.75) is 85.4 Å². The average molecular weight is 614 g/mol. The Kier molecular flexibility index (Phi) is 10.8. The molecule has 1 atom stereocenters. The Morgan fingerprint density at radius 2 is 1.93 bits per heavy atom. The molecule has 3 heterocycles. The fraction of sp³-hybridized carbons (Fsp3) is 0.697. The Morgan fingerprint density at radius 3 is 2.57 bits per heavy atom. The van der Waals surface area contributed by atoms with Crippen LogP contribution in [0, 0.1) is 17.2 Å². The highest BCUT2D eigenvalue weighted by Crippen LogP contribution is 2.44. The average Bonchev–Trinajstić information content (AvgIpc) is 3.36. The predicted molar refractivity (Wildman–Crippen MR) is 171 cm³/mol. The van der Waals surface area contributed by atoms with Crippen molar-refractivity contribution < 1.29 is 19.0 Å². The third kappa shape index (κ3) is 8.22. The number of nitrogens with zero attached hydrogens (tertiary/aromatic N) is 7. The Morgan fingerprint density at radius 1 is 1.20 bits per heavy atom. The molecule has 2 saturated heterocycles. The first-order chi connectivity index (χ1) is 20.7. The summed E-state index contributed by atoms with van der Waals surface area (Å²) >= 11 is 0. The zero-order chi connectivity index (χ0) is 32.2. The van der Waals surface area contributed by atoms with Crippen LogP contribution < -0.4 is 9.64 Å². The van der Waals surface area contributed by atoms with Gasteiger partial charge >= 0.3 is 0 Å². The smallest absolute Gasteiger partial charge is 0.282 e. The van der Waals surface area contributed by atoms with Crippen LogP contribution in [0.1, 0.15) is 78.1 Å². The molecule has 44 heavy (non-hydrogen) atoms. The first-order valence-electron chi connectivity index (χ1n) is 16.1. The van der Waals surface area contributed by atoms with Crippen LogP contribution in [0.15, 0.2) is 24.5 Å². The van der Waals surface area contributed by atoms with Crippen LogP contribution in [0.2, 0.25) is 0 Å². The van der Waals surface area contributed by atoms with E-state index in [1.54, 1.807) is 4.90 Å². The molecule has 2 aliphatic heterocycles. The molecular weight excluding hydrogens is 561 g/mol. The molecule has 10 nitrogen and oxygen atoms in total. The third-order valence-electron chi connectivity index (χ3n) is 8.93. The molecule has 1 N–H and O–H groups in total. The number of halogens is 1. The molecule has 4 rings (SSSR count). The molecule has 0 unspecified atom stereocenters. The van der Waals surface area contributed by atoms with Gasteiger partial charge in [-0.1, -0.05) is 13.8 Å². The second kappa shape index (κ2) is 14.0. The van der Waals surface area contributed by atoms with Gasteiger partial charge in [-0.15, -0.1) is 10.2 Å². The van der Waals surface area contributed by atoms with Crippen LogP contribution in [-0.2, 0) is 0 Å². The number of hydrogen-bond donors (Lipinski definition) is 1. The highest BCUT2D eigenvalue weighted by atomic mass is 19.1. The van der Waals surface area contributed by atoms with Crippen molar-refractivity contribution in [3.8, 4) is 11.6 Å². The number of rotatable bonds is 14. The number of aliphatic hydroxyl groups is 1. The summed E-state index contributed by atoms with van der Waals surface area (Å²) in [4.78, 5) is 26.6. The SMILES string of the molecule is CCN(C(=O)c1cc(F)ccc1Oc1nncnc1N1CCC2(C1)CN([C@H](CCCN(C)CC(C)(C)O)C(C)C)C2)C(C)C. The molecule has 1 aromatic carbocycles. The summed E-state index contributed by atoms with van der Waals surface area (Å²) in [5.41, 5.74) is -0.351. The van der Waals surface area contributed by atoms with E-state index in [9.17, 15) is 14.3 Å². The van der Waals surface area contributed by atoms with E-state index in [2.05, 4.69) is 50.8 Å². The minimum absolute atomic E-state index is 0.0458. The van der Waals surface area contributed by atoms with Crippen molar-refractivity contribution in [1.82, 2.24) is 29.9 Å². The molecule has 11 heteroatoms. The van der Waals surface area contributed by atoms with Crippen molar-refractivity contribution in [2.24, 2.45) is 11.3 Å². The Labute approximate surface area is 262 Å². The van der Waals surface area contributed by atoms with Crippen LogP contribution >= 0.6 is 0 Å². The topological polar surface area (TPSA) is 98.2 Å². The summed E-state index contributed by atoms with van der Waals surface area (Å²) in [5, 5.41) is 18.3. The molecule has 0 radical (unpaired) electrons. The Balaban J connectivity index is 1.41. The molecule has 1 amide bonds. The molecule has 2 aromatic rings. The standard InChI is InChI=1S/C33H52FN7O3/c1-9-41(24(4)5)31(42)26-17-25(34)12-13-28(26)44-30-29(35-22-36-37-30)39-16-14-33(19-39)20-40(21-33)27(23(2)3)11-10-15-38(8)18-32(6,7)43/h12-13,17,22-24,27,43H,9-11,14-16,18-21H2,1-8H3/t27-/m1/s1. The van der Waals surface area contributed by atoms with Crippen molar-refractivity contribution in [1.29, 1.82) is 0 Å². The molecule has 2 fully saturated rings. The quantitative estimate of drug-likeness (QED) is 0.325. The van der Waals surface area contributed by atoms with Crippen LogP contribution in [0.4, 0.5) is 10.2 Å². The second-order valence-electron chi connectivity index (χ2n) is 14.1. The number of aromatic nitrogens is 3. The van der Waals surface area contributed by atoms with Crippen molar-refractivity contribution in [3.05, 3.63) is 35.9 Å². The Bertz CT molecular complexity index is 1260. The van der Waals surface area contributed by atoms with E-state index in [-0.39, 0.29) is 34.6 Å². The maximum Gasteiger partial charge on any atom is 0.282 e. The Hall–Kier alpha value is -2.89. The van der Waals surface area contributed by atoms with Gasteiger partial charge in [-0.3, -0.25) is 9.69 Å². The van der Waals surface area contributed by atoms with E-state index in [1.807, 2.05) is 34.6 Å². The monoisotopic (exact) mass is 613 g/mol. The molecule has 0 aliphatic carbocycles. The minimum atomic E-state index is -0.683. The number of anilines is 1. The predicted octanol–water partition coefficient (Wildman–Crippen LogP) is 4.69. The fourth-order valence-corrected chi connectivity index (χ4v) is 6.97. The summed E-state index contributed by atoms with van der Waals surface area (Å²) in [7, 11) is 2.08. The van der Waals surface area contributed by atoms with Crippen LogP contribution in [0.25, 0.3) is 0 Å². The van der Waals surface area contributed by atoms with E-state index < -0.39 is 11.4 Å². The maximum atomic E-state index is 14.3. The molecule has 2 aliphatic rings. The number of carbonyl (C=O) groups is 1. The number of likely N-dealkylation sites (N-methyl/N-ethyl adjacent to an activating group) is 1. The van der Waals surface area contributed by atoms with E-state index in [0.29, 0.717) is 30.9 Å². The van der Waals surface area contributed by atoms with E-state index >= 15 is 0 Å². The van der Waals surface area contributed by atoms with Gasteiger partial charge in [-0.2, -0.15) is 0 Å². The normalized spacial score (nSPS) is 17.5. The highest BCUT2D eigenvalue weighted by molar-refractivity contribution is 5.97. The fourth-order valence-electron chi connectivity index (χ4n) is 6.97. The van der Waals surface area contributed by atoms with Crippen molar-refractivity contribution in [2.75, 3.05) is 57.8 Å². The van der Waals surface area contributed by atoms with E-state index in [0.717, 1.165) is 52.0 Å². The van der Waals surface area contributed by atoms with Gasteiger partial charge in [0, 0.05) is 56.8 Å². The van der Waals surface area contributed by atoms with Gasteiger partial charge in [0.1, 0.15) is 17.9 Å². The number of benzene rings is 1. The van der Waals surface area contributed by atoms with Gasteiger partial charge in [0.15, 0.2) is 5.82 Å². The third-order valence-corrected chi connectivity index (χ3v) is 8.93. The zero-order valence-corrected chi connectivity index (χ0v) is 27.9.